The van der Waals surface area contributed by atoms with Crippen LogP contribution >= 0.6 is 15.9 Å². The van der Waals surface area contributed by atoms with Gasteiger partial charge in [-0.2, -0.15) is 0 Å². The molecule has 0 fully saturated rings. The van der Waals surface area contributed by atoms with Crippen molar-refractivity contribution in [2.45, 2.75) is 12.8 Å². The minimum atomic E-state index is 0.637. The molecule has 4 nitrogen and oxygen atoms in total. The van der Waals surface area contributed by atoms with Crippen molar-refractivity contribution in [1.29, 1.82) is 0 Å². The van der Waals surface area contributed by atoms with Gasteiger partial charge in [0.05, 0.1) is 18.9 Å². The summed E-state index contributed by atoms with van der Waals surface area (Å²) in [7, 11) is 1.64. The first kappa shape index (κ1) is 13.1. The molecule has 1 aromatic carbocycles. The number of hydrogen-bond acceptors (Lipinski definition) is 4. The summed E-state index contributed by atoms with van der Waals surface area (Å²) in [5, 5.41) is 0. The molecule has 0 aliphatic heterocycles. The Labute approximate surface area is 114 Å². The molecule has 0 radical (unpaired) electrons. The zero-order valence-corrected chi connectivity index (χ0v) is 11.7. The molecule has 0 saturated heterocycles. The van der Waals surface area contributed by atoms with Gasteiger partial charge in [0, 0.05) is 10.9 Å². The number of rotatable bonds is 5. The van der Waals surface area contributed by atoms with Crippen LogP contribution in [0.2, 0.25) is 0 Å². The van der Waals surface area contributed by atoms with E-state index in [9.17, 15) is 0 Å². The molecule has 1 aromatic heterocycles. The predicted octanol–water partition coefficient (Wildman–Crippen LogP) is 3.00. The lowest BCUT2D eigenvalue weighted by Crippen LogP contribution is -2.00. The van der Waals surface area contributed by atoms with E-state index < -0.39 is 0 Å². The van der Waals surface area contributed by atoms with Crippen LogP contribution in [0.3, 0.4) is 0 Å². The summed E-state index contributed by atoms with van der Waals surface area (Å²) in [5.41, 5.74) is 6.35. The lowest BCUT2D eigenvalue weighted by atomic mass is 10.1. The molecule has 0 aliphatic rings. The van der Waals surface area contributed by atoms with Crippen LogP contribution in [0, 0.1) is 0 Å². The largest absolute Gasteiger partial charge is 0.496 e. The molecule has 5 heteroatoms. The summed E-state index contributed by atoms with van der Waals surface area (Å²) >= 11 is 3.44. The van der Waals surface area contributed by atoms with E-state index in [1.807, 2.05) is 18.2 Å². The second-order valence-corrected chi connectivity index (χ2v) is 4.77. The Morgan fingerprint density at radius 3 is 3.00 bits per heavy atom. The van der Waals surface area contributed by atoms with E-state index in [0.29, 0.717) is 18.2 Å². The SMILES string of the molecule is COc1ccc(Br)cc1-c1cnc(CCCN)o1. The molecule has 2 rings (SSSR count). The fourth-order valence-corrected chi connectivity index (χ4v) is 2.04. The summed E-state index contributed by atoms with van der Waals surface area (Å²) in [5.74, 6) is 2.18. The maximum absolute atomic E-state index is 5.70. The fraction of sp³-hybridized carbons (Fsp3) is 0.308. The number of ether oxygens (including phenoxy) is 1. The number of halogens is 1. The number of aromatic nitrogens is 1. The highest BCUT2D eigenvalue weighted by molar-refractivity contribution is 9.10. The Morgan fingerprint density at radius 2 is 2.28 bits per heavy atom. The van der Waals surface area contributed by atoms with Gasteiger partial charge < -0.3 is 14.9 Å². The van der Waals surface area contributed by atoms with Gasteiger partial charge in [0.15, 0.2) is 11.7 Å². The van der Waals surface area contributed by atoms with Crippen molar-refractivity contribution in [3.63, 3.8) is 0 Å². The summed E-state index contributed by atoms with van der Waals surface area (Å²) in [6.45, 7) is 0.637. The van der Waals surface area contributed by atoms with Crippen LogP contribution in [0.5, 0.6) is 5.75 Å². The van der Waals surface area contributed by atoms with E-state index in [1.54, 1.807) is 13.3 Å². The number of nitrogens with zero attached hydrogens (tertiary/aromatic N) is 1. The first-order chi connectivity index (χ1) is 8.74. The molecule has 0 spiro atoms. The average Bonchev–Trinajstić information content (AvgIpc) is 2.85. The van der Waals surface area contributed by atoms with Gasteiger partial charge in [-0.3, -0.25) is 0 Å². The van der Waals surface area contributed by atoms with Crippen LogP contribution in [0.15, 0.2) is 33.3 Å². The van der Waals surface area contributed by atoms with Crippen LogP contribution in [-0.2, 0) is 6.42 Å². The van der Waals surface area contributed by atoms with Gasteiger partial charge in [-0.1, -0.05) is 15.9 Å². The van der Waals surface area contributed by atoms with Gasteiger partial charge in [-0.05, 0) is 31.2 Å². The van der Waals surface area contributed by atoms with Crippen LogP contribution in [0.25, 0.3) is 11.3 Å². The van der Waals surface area contributed by atoms with Gasteiger partial charge in [0.2, 0.25) is 0 Å². The van der Waals surface area contributed by atoms with Crippen LogP contribution in [-0.4, -0.2) is 18.6 Å². The Balaban J connectivity index is 2.30. The second kappa shape index (κ2) is 6.02. The first-order valence-electron chi connectivity index (χ1n) is 5.73. The number of benzene rings is 1. The lowest BCUT2D eigenvalue weighted by molar-refractivity contribution is 0.413. The standard InChI is InChI=1S/C13H15BrN2O2/c1-17-11-5-4-9(14)7-10(11)12-8-16-13(18-12)3-2-6-15/h4-5,7-8H,2-3,6,15H2,1H3. The smallest absolute Gasteiger partial charge is 0.194 e. The zero-order chi connectivity index (χ0) is 13.0. The fourth-order valence-electron chi connectivity index (χ4n) is 1.68. The molecule has 2 N–H and O–H groups in total. The first-order valence-corrected chi connectivity index (χ1v) is 6.52. The zero-order valence-electron chi connectivity index (χ0n) is 10.1. The minimum absolute atomic E-state index is 0.637. The van der Waals surface area contributed by atoms with Gasteiger partial charge >= 0.3 is 0 Å². The molecule has 96 valence electrons. The van der Waals surface area contributed by atoms with Gasteiger partial charge in [-0.25, -0.2) is 4.98 Å². The monoisotopic (exact) mass is 310 g/mol. The number of methoxy groups -OCH3 is 1. The van der Waals surface area contributed by atoms with Crippen LogP contribution in [0.4, 0.5) is 0 Å². The van der Waals surface area contributed by atoms with Crippen molar-refractivity contribution < 1.29 is 9.15 Å². The third kappa shape index (κ3) is 2.91. The van der Waals surface area contributed by atoms with Crippen LogP contribution < -0.4 is 10.5 Å². The highest BCUT2D eigenvalue weighted by Gasteiger charge is 2.11. The number of aryl methyl sites for hydroxylation is 1. The average molecular weight is 311 g/mol. The normalized spacial score (nSPS) is 10.6. The van der Waals surface area contributed by atoms with Crippen molar-refractivity contribution in [2.75, 3.05) is 13.7 Å². The van der Waals surface area contributed by atoms with E-state index in [4.69, 9.17) is 14.9 Å². The molecule has 2 aromatic rings. The molecule has 1 heterocycles. The topological polar surface area (TPSA) is 61.3 Å². The molecule has 0 atom stereocenters. The van der Waals surface area contributed by atoms with Gasteiger partial charge in [0.1, 0.15) is 5.75 Å². The summed E-state index contributed by atoms with van der Waals surface area (Å²) in [4.78, 5) is 4.24. The van der Waals surface area contributed by atoms with Crippen molar-refractivity contribution in [3.05, 3.63) is 34.8 Å². The quantitative estimate of drug-likeness (QED) is 0.922. The lowest BCUT2D eigenvalue weighted by Gasteiger charge is -2.05. The molecule has 0 unspecified atom stereocenters. The van der Waals surface area contributed by atoms with Gasteiger partial charge in [-0.15, -0.1) is 0 Å². The van der Waals surface area contributed by atoms with Crippen molar-refractivity contribution in [1.82, 2.24) is 4.98 Å². The summed E-state index contributed by atoms with van der Waals surface area (Å²) in [6, 6.07) is 5.77. The molecular formula is C13H15BrN2O2. The maximum Gasteiger partial charge on any atom is 0.194 e. The van der Waals surface area contributed by atoms with Crippen molar-refractivity contribution in [2.24, 2.45) is 5.73 Å². The molecular weight excluding hydrogens is 296 g/mol. The molecule has 18 heavy (non-hydrogen) atoms. The van der Waals surface area contributed by atoms with E-state index in [-0.39, 0.29) is 0 Å². The highest BCUT2D eigenvalue weighted by atomic mass is 79.9. The molecule has 0 amide bonds. The van der Waals surface area contributed by atoms with E-state index in [2.05, 4.69) is 20.9 Å². The van der Waals surface area contributed by atoms with Crippen molar-refractivity contribution in [3.8, 4) is 17.1 Å². The summed E-state index contributed by atoms with van der Waals surface area (Å²) in [6.07, 6.45) is 3.35. The third-order valence-corrected chi connectivity index (χ3v) is 3.07. The molecule has 0 bridgehead atoms. The van der Waals surface area contributed by atoms with Gasteiger partial charge in [0.25, 0.3) is 0 Å². The minimum Gasteiger partial charge on any atom is -0.496 e. The second-order valence-electron chi connectivity index (χ2n) is 3.86. The molecule has 0 saturated carbocycles. The predicted molar refractivity (Wildman–Crippen MR) is 73.6 cm³/mol. The number of nitrogens with two attached hydrogens (primary N) is 1. The van der Waals surface area contributed by atoms with E-state index >= 15 is 0 Å². The Morgan fingerprint density at radius 1 is 1.44 bits per heavy atom. The van der Waals surface area contributed by atoms with Crippen LogP contribution in [0.1, 0.15) is 12.3 Å². The Bertz CT molecular complexity index is 525. The number of oxazole rings is 1. The van der Waals surface area contributed by atoms with E-state index in [1.165, 1.54) is 0 Å². The maximum atomic E-state index is 5.70. The number of hydrogen-bond donors (Lipinski definition) is 1. The molecule has 0 aliphatic carbocycles. The van der Waals surface area contributed by atoms with Crippen molar-refractivity contribution >= 4 is 15.9 Å². The van der Waals surface area contributed by atoms with E-state index in [0.717, 1.165) is 28.6 Å². The summed E-state index contributed by atoms with van der Waals surface area (Å²) < 4.78 is 12.0. The Kier molecular flexibility index (Phi) is 4.38. The highest BCUT2D eigenvalue weighted by Crippen LogP contribution is 2.33. The Hall–Kier alpha value is -1.33. The third-order valence-electron chi connectivity index (χ3n) is 2.58.